The van der Waals surface area contributed by atoms with Gasteiger partial charge in [0.25, 0.3) is 0 Å². The van der Waals surface area contributed by atoms with Crippen LogP contribution in [0.3, 0.4) is 0 Å². The third-order valence-corrected chi connectivity index (χ3v) is 5.04. The molecule has 0 spiro atoms. The highest BCUT2D eigenvalue weighted by Crippen LogP contribution is 2.39. The van der Waals surface area contributed by atoms with E-state index < -0.39 is 0 Å². The van der Waals surface area contributed by atoms with Gasteiger partial charge in [-0.05, 0) is 25.5 Å². The van der Waals surface area contributed by atoms with Gasteiger partial charge in [0.15, 0.2) is 0 Å². The van der Waals surface area contributed by atoms with Crippen LogP contribution >= 0.6 is 11.8 Å². The summed E-state index contributed by atoms with van der Waals surface area (Å²) in [7, 11) is 0. The molecule has 1 aromatic rings. The Morgan fingerprint density at radius 2 is 1.76 bits per heavy atom. The number of hydrogen-bond donors (Lipinski definition) is 0. The zero-order valence-corrected chi connectivity index (χ0v) is 14.0. The van der Waals surface area contributed by atoms with Crippen LogP contribution in [0.25, 0.3) is 0 Å². The SMILES string of the molecule is CCOCCN(CCOCC)CC1CSc2ccccc21. The highest BCUT2D eigenvalue weighted by molar-refractivity contribution is 7.99. The molecule has 21 heavy (non-hydrogen) atoms. The van der Waals surface area contributed by atoms with Gasteiger partial charge in [-0.2, -0.15) is 0 Å². The van der Waals surface area contributed by atoms with Crippen molar-refractivity contribution in [2.24, 2.45) is 0 Å². The summed E-state index contributed by atoms with van der Waals surface area (Å²) in [5.41, 5.74) is 1.51. The van der Waals surface area contributed by atoms with Crippen LogP contribution in [0.15, 0.2) is 29.2 Å². The Morgan fingerprint density at radius 3 is 2.43 bits per heavy atom. The highest BCUT2D eigenvalue weighted by atomic mass is 32.2. The molecule has 1 unspecified atom stereocenters. The minimum atomic E-state index is 0.634. The summed E-state index contributed by atoms with van der Waals surface area (Å²) in [6, 6.07) is 8.81. The Kier molecular flexibility index (Phi) is 7.58. The van der Waals surface area contributed by atoms with Crippen molar-refractivity contribution in [1.29, 1.82) is 0 Å². The van der Waals surface area contributed by atoms with Gasteiger partial charge in [-0.3, -0.25) is 4.90 Å². The van der Waals surface area contributed by atoms with Crippen molar-refractivity contribution in [3.8, 4) is 0 Å². The van der Waals surface area contributed by atoms with E-state index in [1.807, 2.05) is 25.6 Å². The Labute approximate surface area is 133 Å². The van der Waals surface area contributed by atoms with E-state index in [1.165, 1.54) is 16.2 Å². The maximum Gasteiger partial charge on any atom is 0.0593 e. The Bertz CT molecular complexity index is 404. The molecule has 0 bridgehead atoms. The van der Waals surface area contributed by atoms with E-state index in [1.54, 1.807) is 0 Å². The van der Waals surface area contributed by atoms with Gasteiger partial charge >= 0.3 is 0 Å². The maximum atomic E-state index is 5.52. The Morgan fingerprint density at radius 1 is 1.10 bits per heavy atom. The van der Waals surface area contributed by atoms with Crippen LogP contribution in [0, 0.1) is 0 Å². The average molecular weight is 309 g/mol. The van der Waals surface area contributed by atoms with Gasteiger partial charge in [-0.1, -0.05) is 18.2 Å². The van der Waals surface area contributed by atoms with Crippen molar-refractivity contribution >= 4 is 11.8 Å². The molecule has 1 heterocycles. The maximum absolute atomic E-state index is 5.52. The minimum absolute atomic E-state index is 0.634. The molecule has 1 aliphatic heterocycles. The van der Waals surface area contributed by atoms with E-state index in [-0.39, 0.29) is 0 Å². The van der Waals surface area contributed by atoms with Gasteiger partial charge in [0.1, 0.15) is 0 Å². The van der Waals surface area contributed by atoms with E-state index in [4.69, 9.17) is 9.47 Å². The summed E-state index contributed by atoms with van der Waals surface area (Å²) in [5, 5.41) is 0. The number of rotatable bonds is 10. The monoisotopic (exact) mass is 309 g/mol. The first-order valence-electron chi connectivity index (χ1n) is 7.94. The molecule has 0 aromatic heterocycles. The minimum Gasteiger partial charge on any atom is -0.380 e. The van der Waals surface area contributed by atoms with Gasteiger partial charge in [0.2, 0.25) is 0 Å². The van der Waals surface area contributed by atoms with Crippen LogP contribution in [-0.2, 0) is 9.47 Å². The average Bonchev–Trinajstić information content (AvgIpc) is 2.91. The molecule has 0 aliphatic carbocycles. The highest BCUT2D eigenvalue weighted by Gasteiger charge is 2.24. The fourth-order valence-electron chi connectivity index (χ4n) is 2.66. The molecule has 118 valence electrons. The van der Waals surface area contributed by atoms with E-state index in [2.05, 4.69) is 29.2 Å². The molecule has 0 radical (unpaired) electrons. The summed E-state index contributed by atoms with van der Waals surface area (Å²) in [6.07, 6.45) is 0. The Hall–Kier alpha value is -0.550. The van der Waals surface area contributed by atoms with E-state index >= 15 is 0 Å². The lowest BCUT2D eigenvalue weighted by atomic mass is 10.0. The first-order valence-corrected chi connectivity index (χ1v) is 8.93. The third kappa shape index (κ3) is 5.29. The molecule has 3 nitrogen and oxygen atoms in total. The fraction of sp³-hybridized carbons (Fsp3) is 0.647. The molecule has 0 fully saturated rings. The van der Waals surface area contributed by atoms with E-state index in [0.717, 1.165) is 46.1 Å². The smallest absolute Gasteiger partial charge is 0.0593 e. The predicted octanol–water partition coefficient (Wildman–Crippen LogP) is 3.25. The van der Waals surface area contributed by atoms with Crippen LogP contribution in [0.2, 0.25) is 0 Å². The summed E-state index contributed by atoms with van der Waals surface area (Å²) >= 11 is 1.99. The molecular formula is C17H27NO2S. The van der Waals surface area contributed by atoms with Gasteiger partial charge in [0.05, 0.1) is 13.2 Å². The molecule has 2 rings (SSSR count). The second-order valence-electron chi connectivity index (χ2n) is 5.24. The van der Waals surface area contributed by atoms with Crippen LogP contribution in [-0.4, -0.2) is 56.7 Å². The topological polar surface area (TPSA) is 21.7 Å². The fourth-order valence-corrected chi connectivity index (χ4v) is 3.90. The molecule has 0 saturated heterocycles. The quantitative estimate of drug-likeness (QED) is 0.619. The molecule has 1 atom stereocenters. The second kappa shape index (κ2) is 9.46. The lowest BCUT2D eigenvalue weighted by molar-refractivity contribution is 0.0809. The zero-order valence-electron chi connectivity index (χ0n) is 13.2. The van der Waals surface area contributed by atoms with Crippen LogP contribution < -0.4 is 0 Å². The number of fused-ring (bicyclic) bond motifs is 1. The lowest BCUT2D eigenvalue weighted by Crippen LogP contribution is -2.34. The van der Waals surface area contributed by atoms with Gasteiger partial charge in [-0.15, -0.1) is 11.8 Å². The molecular weight excluding hydrogens is 282 g/mol. The van der Waals surface area contributed by atoms with Crippen LogP contribution in [0.1, 0.15) is 25.3 Å². The van der Waals surface area contributed by atoms with Crippen molar-refractivity contribution in [2.75, 3.05) is 51.8 Å². The molecule has 0 N–H and O–H groups in total. The molecule has 0 amide bonds. The number of ether oxygens (including phenoxy) is 2. The van der Waals surface area contributed by atoms with Crippen molar-refractivity contribution in [3.63, 3.8) is 0 Å². The van der Waals surface area contributed by atoms with Crippen molar-refractivity contribution in [1.82, 2.24) is 4.90 Å². The molecule has 1 aliphatic rings. The second-order valence-corrected chi connectivity index (χ2v) is 6.30. The van der Waals surface area contributed by atoms with Gasteiger partial charge in [-0.25, -0.2) is 0 Å². The summed E-state index contributed by atoms with van der Waals surface area (Å²) in [4.78, 5) is 3.94. The number of benzene rings is 1. The third-order valence-electron chi connectivity index (χ3n) is 3.79. The Balaban J connectivity index is 1.88. The molecule has 4 heteroatoms. The lowest BCUT2D eigenvalue weighted by Gasteiger charge is -2.25. The number of thioether (sulfide) groups is 1. The van der Waals surface area contributed by atoms with Gasteiger partial charge in [0, 0.05) is 49.4 Å². The predicted molar refractivity (Wildman–Crippen MR) is 89.3 cm³/mol. The number of nitrogens with zero attached hydrogens (tertiary/aromatic N) is 1. The first kappa shape index (κ1) is 16.8. The molecule has 0 saturated carbocycles. The van der Waals surface area contributed by atoms with E-state index in [0.29, 0.717) is 5.92 Å². The van der Waals surface area contributed by atoms with Crippen molar-refractivity contribution in [2.45, 2.75) is 24.7 Å². The van der Waals surface area contributed by atoms with Crippen LogP contribution in [0.5, 0.6) is 0 Å². The summed E-state index contributed by atoms with van der Waals surface area (Å²) in [5.74, 6) is 1.83. The zero-order chi connectivity index (χ0) is 14.9. The summed E-state index contributed by atoms with van der Waals surface area (Å²) < 4.78 is 11.0. The molecule has 1 aromatic carbocycles. The largest absolute Gasteiger partial charge is 0.380 e. The van der Waals surface area contributed by atoms with Gasteiger partial charge < -0.3 is 9.47 Å². The van der Waals surface area contributed by atoms with Crippen LogP contribution in [0.4, 0.5) is 0 Å². The first-order chi connectivity index (χ1) is 10.3. The standard InChI is InChI=1S/C17H27NO2S/c1-3-19-11-9-18(10-12-20-4-2)13-15-14-21-17-8-6-5-7-16(15)17/h5-8,15H,3-4,9-14H2,1-2H3. The van der Waals surface area contributed by atoms with Crippen molar-refractivity contribution < 1.29 is 9.47 Å². The van der Waals surface area contributed by atoms with Crippen molar-refractivity contribution in [3.05, 3.63) is 29.8 Å². The number of hydrogen-bond acceptors (Lipinski definition) is 4. The van der Waals surface area contributed by atoms with E-state index in [9.17, 15) is 0 Å². The normalized spacial score (nSPS) is 17.4. The summed E-state index contributed by atoms with van der Waals surface area (Å²) in [6.45, 7) is 10.4.